The number of amides is 1. The van der Waals surface area contributed by atoms with Crippen LogP contribution in [0.4, 0.5) is 0 Å². The zero-order chi connectivity index (χ0) is 19.8. The molecule has 0 saturated carbocycles. The predicted octanol–water partition coefficient (Wildman–Crippen LogP) is 1.90. The maximum atomic E-state index is 12.1. The molecule has 1 atom stereocenters. The first-order chi connectivity index (χ1) is 13.7. The molecule has 3 rings (SSSR count). The lowest BCUT2D eigenvalue weighted by Gasteiger charge is -2.32. The molecule has 28 heavy (non-hydrogen) atoms. The minimum Gasteiger partial charge on any atom is -0.494 e. The molecule has 1 aliphatic heterocycles. The highest BCUT2D eigenvalue weighted by Crippen LogP contribution is 2.20. The van der Waals surface area contributed by atoms with Crippen molar-refractivity contribution in [1.29, 1.82) is 0 Å². The molecule has 1 fully saturated rings. The molecule has 1 aromatic carbocycles. The van der Waals surface area contributed by atoms with E-state index in [-0.39, 0.29) is 5.91 Å². The van der Waals surface area contributed by atoms with Crippen LogP contribution in [0.25, 0.3) is 11.4 Å². The molecule has 1 aliphatic rings. The number of hydrogen-bond acceptors (Lipinski definition) is 7. The first-order valence-corrected chi connectivity index (χ1v) is 9.80. The van der Waals surface area contributed by atoms with Crippen molar-refractivity contribution in [3.63, 3.8) is 0 Å². The number of nitrogens with one attached hydrogen (secondary N) is 1. The third-order valence-electron chi connectivity index (χ3n) is 4.72. The third-order valence-corrected chi connectivity index (χ3v) is 4.72. The van der Waals surface area contributed by atoms with Gasteiger partial charge in [-0.15, -0.1) is 0 Å². The smallest absolute Gasteiger partial charge is 0.227 e. The van der Waals surface area contributed by atoms with Crippen molar-refractivity contribution < 1.29 is 18.8 Å². The van der Waals surface area contributed by atoms with Crippen LogP contribution in [0.2, 0.25) is 0 Å². The second kappa shape index (κ2) is 10.2. The van der Waals surface area contributed by atoms with Crippen LogP contribution in [0.15, 0.2) is 28.8 Å². The Hall–Kier alpha value is -2.45. The molecule has 152 valence electrons. The molecule has 1 N–H and O–H groups in total. The minimum atomic E-state index is -0.0130. The Labute approximate surface area is 165 Å². The number of carbonyl (C=O) groups excluding carboxylic acids is 1. The number of carbonyl (C=O) groups is 1. The van der Waals surface area contributed by atoms with Crippen LogP contribution in [-0.2, 0) is 16.0 Å². The Kier molecular flexibility index (Phi) is 7.39. The summed E-state index contributed by atoms with van der Waals surface area (Å²) in [4.78, 5) is 18.8. The number of aromatic nitrogens is 2. The molecular formula is C20H28N4O4. The summed E-state index contributed by atoms with van der Waals surface area (Å²) in [6.45, 7) is 8.64. The Balaban J connectivity index is 1.42. The summed E-state index contributed by atoms with van der Waals surface area (Å²) < 4.78 is 16.1. The highest BCUT2D eigenvalue weighted by Gasteiger charge is 2.17. The molecule has 1 amide bonds. The Morgan fingerprint density at radius 2 is 2.04 bits per heavy atom. The van der Waals surface area contributed by atoms with E-state index in [1.807, 2.05) is 31.2 Å². The number of nitrogens with zero attached hydrogens (tertiary/aromatic N) is 3. The number of ether oxygens (including phenoxy) is 2. The van der Waals surface area contributed by atoms with Crippen LogP contribution in [-0.4, -0.2) is 66.4 Å². The number of hydrogen-bond donors (Lipinski definition) is 1. The van der Waals surface area contributed by atoms with Gasteiger partial charge in [-0.1, -0.05) is 5.16 Å². The summed E-state index contributed by atoms with van der Waals surface area (Å²) in [7, 11) is 0. The third kappa shape index (κ3) is 5.77. The molecule has 0 spiro atoms. The van der Waals surface area contributed by atoms with Crippen molar-refractivity contribution in [3.05, 3.63) is 30.2 Å². The second-order valence-corrected chi connectivity index (χ2v) is 6.77. The maximum Gasteiger partial charge on any atom is 0.227 e. The molecule has 2 aromatic rings. The van der Waals surface area contributed by atoms with Gasteiger partial charge in [0.25, 0.3) is 0 Å². The fourth-order valence-corrected chi connectivity index (χ4v) is 3.06. The predicted molar refractivity (Wildman–Crippen MR) is 104 cm³/mol. The van der Waals surface area contributed by atoms with E-state index in [1.54, 1.807) is 0 Å². The molecule has 8 nitrogen and oxygen atoms in total. The lowest BCUT2D eigenvalue weighted by Crippen LogP contribution is -2.47. The average Bonchev–Trinajstić information content (AvgIpc) is 3.21. The number of morpholine rings is 1. The first kappa shape index (κ1) is 20.3. The lowest BCUT2D eigenvalue weighted by atomic mass is 10.2. The summed E-state index contributed by atoms with van der Waals surface area (Å²) in [5.41, 5.74) is 0.849. The summed E-state index contributed by atoms with van der Waals surface area (Å²) in [6.07, 6.45) is 0.739. The zero-order valence-corrected chi connectivity index (χ0v) is 16.5. The largest absolute Gasteiger partial charge is 0.494 e. The van der Waals surface area contributed by atoms with Crippen LogP contribution in [0.1, 0.15) is 26.2 Å². The van der Waals surface area contributed by atoms with Gasteiger partial charge in [0, 0.05) is 44.1 Å². The topological polar surface area (TPSA) is 89.7 Å². The van der Waals surface area contributed by atoms with Crippen molar-refractivity contribution in [1.82, 2.24) is 20.4 Å². The summed E-state index contributed by atoms with van der Waals surface area (Å²) >= 11 is 0. The van der Waals surface area contributed by atoms with E-state index >= 15 is 0 Å². The fraction of sp³-hybridized carbons (Fsp3) is 0.550. The van der Waals surface area contributed by atoms with Gasteiger partial charge in [0.1, 0.15) is 5.75 Å². The summed E-state index contributed by atoms with van der Waals surface area (Å²) in [5.74, 6) is 1.76. The molecule has 1 saturated heterocycles. The van der Waals surface area contributed by atoms with Gasteiger partial charge in [-0.3, -0.25) is 9.69 Å². The van der Waals surface area contributed by atoms with E-state index in [4.69, 9.17) is 14.0 Å². The molecular weight excluding hydrogens is 360 g/mol. The van der Waals surface area contributed by atoms with Crippen LogP contribution in [0.5, 0.6) is 5.75 Å². The molecule has 1 aromatic heterocycles. The number of aryl methyl sites for hydroxylation is 1. The van der Waals surface area contributed by atoms with Crippen LogP contribution in [0.3, 0.4) is 0 Å². The van der Waals surface area contributed by atoms with E-state index in [0.717, 1.165) is 37.6 Å². The van der Waals surface area contributed by atoms with E-state index in [1.165, 1.54) is 0 Å². The highest BCUT2D eigenvalue weighted by molar-refractivity contribution is 5.76. The van der Waals surface area contributed by atoms with Crippen LogP contribution in [0, 0.1) is 0 Å². The quantitative estimate of drug-likeness (QED) is 0.702. The lowest BCUT2D eigenvalue weighted by molar-refractivity contribution is -0.121. The van der Waals surface area contributed by atoms with Gasteiger partial charge >= 0.3 is 0 Å². The molecule has 0 aliphatic carbocycles. The SMILES string of the molecule is CCOc1ccc(-c2noc(CCC(=O)NCC(C)N3CCOCC3)n2)cc1. The van der Waals surface area contributed by atoms with Gasteiger partial charge in [0.05, 0.1) is 19.8 Å². The van der Waals surface area contributed by atoms with Crippen molar-refractivity contribution in [3.8, 4) is 17.1 Å². The Bertz CT molecular complexity index is 741. The fourth-order valence-electron chi connectivity index (χ4n) is 3.06. The molecule has 1 unspecified atom stereocenters. The average molecular weight is 388 g/mol. The van der Waals surface area contributed by atoms with Crippen LogP contribution < -0.4 is 10.1 Å². The van der Waals surface area contributed by atoms with Gasteiger partial charge in [-0.2, -0.15) is 4.98 Å². The van der Waals surface area contributed by atoms with E-state index in [0.29, 0.717) is 43.8 Å². The van der Waals surface area contributed by atoms with E-state index < -0.39 is 0 Å². The van der Waals surface area contributed by atoms with E-state index in [2.05, 4.69) is 27.3 Å². The Morgan fingerprint density at radius 1 is 1.29 bits per heavy atom. The van der Waals surface area contributed by atoms with Gasteiger partial charge in [-0.05, 0) is 38.1 Å². The minimum absolute atomic E-state index is 0.0130. The van der Waals surface area contributed by atoms with Crippen LogP contribution >= 0.6 is 0 Å². The van der Waals surface area contributed by atoms with Crippen molar-refractivity contribution in [2.24, 2.45) is 0 Å². The Morgan fingerprint density at radius 3 is 2.75 bits per heavy atom. The van der Waals surface area contributed by atoms with Gasteiger partial charge in [0.15, 0.2) is 0 Å². The van der Waals surface area contributed by atoms with Crippen molar-refractivity contribution in [2.45, 2.75) is 32.7 Å². The summed E-state index contributed by atoms with van der Waals surface area (Å²) in [5, 5.41) is 6.98. The normalized spacial score (nSPS) is 15.9. The zero-order valence-electron chi connectivity index (χ0n) is 16.5. The molecule has 0 radical (unpaired) electrons. The van der Waals surface area contributed by atoms with Crippen molar-refractivity contribution in [2.75, 3.05) is 39.5 Å². The maximum absolute atomic E-state index is 12.1. The van der Waals surface area contributed by atoms with Gasteiger partial charge < -0.3 is 19.3 Å². The van der Waals surface area contributed by atoms with E-state index in [9.17, 15) is 4.79 Å². The number of benzene rings is 1. The monoisotopic (exact) mass is 388 g/mol. The molecule has 2 heterocycles. The summed E-state index contributed by atoms with van der Waals surface area (Å²) in [6, 6.07) is 7.82. The number of rotatable bonds is 9. The first-order valence-electron chi connectivity index (χ1n) is 9.80. The van der Waals surface area contributed by atoms with Gasteiger partial charge in [0.2, 0.25) is 17.6 Å². The second-order valence-electron chi connectivity index (χ2n) is 6.77. The standard InChI is InChI=1S/C20H28N4O4/c1-3-27-17-6-4-16(5-7-17)20-22-19(28-23-20)9-8-18(25)21-14-15(2)24-10-12-26-13-11-24/h4-7,15H,3,8-14H2,1-2H3,(H,21,25). The van der Waals surface area contributed by atoms with Crippen molar-refractivity contribution >= 4 is 5.91 Å². The molecule has 0 bridgehead atoms. The molecule has 8 heteroatoms. The highest BCUT2D eigenvalue weighted by atomic mass is 16.5. The van der Waals surface area contributed by atoms with Gasteiger partial charge in [-0.25, -0.2) is 0 Å².